The number of hydrogen-bond donors (Lipinski definition) is 1. The van der Waals surface area contributed by atoms with E-state index in [0.29, 0.717) is 37.7 Å². The Morgan fingerprint density at radius 1 is 0.951 bits per heavy atom. The van der Waals surface area contributed by atoms with E-state index in [2.05, 4.69) is 11.8 Å². The van der Waals surface area contributed by atoms with E-state index in [0.717, 1.165) is 49.2 Å². The predicted molar refractivity (Wildman–Crippen MR) is 159 cm³/mol. The number of morpholine rings is 1. The Labute approximate surface area is 242 Å². The maximum atomic E-state index is 13.4. The molecule has 0 bridgehead atoms. The van der Waals surface area contributed by atoms with Gasteiger partial charge in [0.2, 0.25) is 0 Å². The quantitative estimate of drug-likeness (QED) is 0.209. The number of likely N-dealkylation sites (tertiary alicyclic amines) is 1. The monoisotopic (exact) mass is 554 g/mol. The molecule has 7 nitrogen and oxygen atoms in total. The molecule has 214 valence electrons. The molecule has 5 rings (SSSR count). The highest BCUT2D eigenvalue weighted by Crippen LogP contribution is 2.39. The summed E-state index contributed by atoms with van der Waals surface area (Å²) in [4.78, 5) is 30.7. The van der Waals surface area contributed by atoms with Crippen LogP contribution in [0.2, 0.25) is 0 Å². The van der Waals surface area contributed by atoms with Crippen molar-refractivity contribution < 1.29 is 24.2 Å². The van der Waals surface area contributed by atoms with E-state index < -0.39 is 17.7 Å². The van der Waals surface area contributed by atoms with Crippen molar-refractivity contribution in [2.75, 3.05) is 39.4 Å². The van der Waals surface area contributed by atoms with Gasteiger partial charge in [0.05, 0.1) is 24.8 Å². The Hall–Kier alpha value is -3.94. The third-order valence-corrected chi connectivity index (χ3v) is 8.00. The lowest BCUT2D eigenvalue weighted by molar-refractivity contribution is -0.140. The molecule has 0 spiro atoms. The van der Waals surface area contributed by atoms with E-state index in [4.69, 9.17) is 9.47 Å². The fraction of sp³-hybridized carbons (Fsp3) is 0.353. The van der Waals surface area contributed by atoms with Crippen LogP contribution >= 0.6 is 0 Å². The van der Waals surface area contributed by atoms with Gasteiger partial charge in [0.15, 0.2) is 0 Å². The summed E-state index contributed by atoms with van der Waals surface area (Å²) in [6.07, 6.45) is 1.61. The van der Waals surface area contributed by atoms with Crippen LogP contribution in [-0.2, 0) is 27.4 Å². The number of amides is 1. The summed E-state index contributed by atoms with van der Waals surface area (Å²) >= 11 is 0. The van der Waals surface area contributed by atoms with Gasteiger partial charge in [-0.2, -0.15) is 0 Å². The second-order valence-corrected chi connectivity index (χ2v) is 10.6. The Bertz CT molecular complexity index is 1390. The number of aliphatic hydroxyl groups is 1. The molecule has 1 N–H and O–H groups in total. The molecule has 0 radical (unpaired) electrons. The molecule has 0 aromatic heterocycles. The van der Waals surface area contributed by atoms with Gasteiger partial charge in [0, 0.05) is 31.7 Å². The summed E-state index contributed by atoms with van der Waals surface area (Å²) in [5, 5.41) is 11.4. The van der Waals surface area contributed by atoms with Crippen molar-refractivity contribution in [3.63, 3.8) is 0 Å². The minimum absolute atomic E-state index is 0.124. The van der Waals surface area contributed by atoms with Crippen molar-refractivity contribution in [3.05, 3.63) is 106 Å². The number of rotatable bonds is 10. The molecule has 1 unspecified atom stereocenters. The number of ether oxygens (including phenoxy) is 2. The zero-order chi connectivity index (χ0) is 28.8. The minimum Gasteiger partial charge on any atom is -0.507 e. The Morgan fingerprint density at radius 2 is 1.66 bits per heavy atom. The Morgan fingerprint density at radius 3 is 2.34 bits per heavy atom. The van der Waals surface area contributed by atoms with E-state index >= 15 is 0 Å². The molecule has 2 fully saturated rings. The number of nitrogens with zero attached hydrogens (tertiary/aromatic N) is 2. The molecule has 1 amide bonds. The van der Waals surface area contributed by atoms with Gasteiger partial charge < -0.3 is 19.5 Å². The van der Waals surface area contributed by atoms with Gasteiger partial charge in [-0.15, -0.1) is 0 Å². The van der Waals surface area contributed by atoms with Crippen molar-refractivity contribution in [2.24, 2.45) is 0 Å². The SMILES string of the molecule is CCc1ccc(C2/C(=C(\O)c3ccc(OCc4ccccc4C)cc3)C(=O)C(=O)N2CCCN2CCOCC2)cc1. The fourth-order valence-corrected chi connectivity index (χ4v) is 5.48. The van der Waals surface area contributed by atoms with Gasteiger partial charge in [-0.05, 0) is 66.3 Å². The molecule has 0 saturated carbocycles. The number of hydrogen-bond acceptors (Lipinski definition) is 6. The smallest absolute Gasteiger partial charge is 0.295 e. The molecule has 3 aromatic carbocycles. The third kappa shape index (κ3) is 6.53. The highest BCUT2D eigenvalue weighted by molar-refractivity contribution is 6.46. The molecule has 41 heavy (non-hydrogen) atoms. The van der Waals surface area contributed by atoms with Gasteiger partial charge >= 0.3 is 0 Å². The summed E-state index contributed by atoms with van der Waals surface area (Å²) in [5.74, 6) is -0.747. The van der Waals surface area contributed by atoms with E-state index in [1.807, 2.05) is 55.5 Å². The van der Waals surface area contributed by atoms with Crippen LogP contribution in [0.1, 0.15) is 47.2 Å². The van der Waals surface area contributed by atoms with Crippen molar-refractivity contribution in [2.45, 2.75) is 39.3 Å². The highest BCUT2D eigenvalue weighted by Gasteiger charge is 2.45. The minimum atomic E-state index is -0.654. The molecule has 7 heteroatoms. The third-order valence-electron chi connectivity index (χ3n) is 8.00. The molecular formula is C34H38N2O5. The van der Waals surface area contributed by atoms with E-state index in [9.17, 15) is 14.7 Å². The number of benzene rings is 3. The van der Waals surface area contributed by atoms with Gasteiger partial charge in [-0.1, -0.05) is 55.5 Å². The molecule has 2 aliphatic heterocycles. The number of Topliss-reactive ketones (excluding diaryl/α,β-unsaturated/α-hetero) is 1. The maximum absolute atomic E-state index is 13.4. The highest BCUT2D eigenvalue weighted by atomic mass is 16.5. The summed E-state index contributed by atoms with van der Waals surface area (Å²) in [5.41, 5.74) is 4.83. The number of carbonyl (C=O) groups is 2. The molecule has 2 aliphatic rings. The molecule has 3 aromatic rings. The Kier molecular flexibility index (Phi) is 9.17. The largest absolute Gasteiger partial charge is 0.507 e. The zero-order valence-corrected chi connectivity index (χ0v) is 23.8. The van der Waals surface area contributed by atoms with Crippen LogP contribution in [0.4, 0.5) is 0 Å². The van der Waals surface area contributed by atoms with Crippen molar-refractivity contribution in [1.82, 2.24) is 9.80 Å². The van der Waals surface area contributed by atoms with Crippen molar-refractivity contribution in [3.8, 4) is 5.75 Å². The zero-order valence-electron chi connectivity index (χ0n) is 23.8. The summed E-state index contributed by atoms with van der Waals surface area (Å²) < 4.78 is 11.4. The van der Waals surface area contributed by atoms with Crippen LogP contribution in [-0.4, -0.2) is 66.0 Å². The Balaban J connectivity index is 1.39. The van der Waals surface area contributed by atoms with Crippen LogP contribution in [0.5, 0.6) is 5.75 Å². The first-order valence-corrected chi connectivity index (χ1v) is 14.4. The van der Waals surface area contributed by atoms with Crippen molar-refractivity contribution in [1.29, 1.82) is 0 Å². The first-order chi connectivity index (χ1) is 20.0. The maximum Gasteiger partial charge on any atom is 0.295 e. The number of ketones is 1. The first-order valence-electron chi connectivity index (χ1n) is 14.4. The van der Waals surface area contributed by atoms with Gasteiger partial charge in [0.25, 0.3) is 11.7 Å². The molecular weight excluding hydrogens is 516 g/mol. The molecule has 0 aliphatic carbocycles. The summed E-state index contributed by atoms with van der Waals surface area (Å²) in [6, 6.07) is 22.4. The van der Waals surface area contributed by atoms with Crippen LogP contribution in [0, 0.1) is 6.92 Å². The summed E-state index contributed by atoms with van der Waals surface area (Å²) in [7, 11) is 0. The molecule has 1 atom stereocenters. The second kappa shape index (κ2) is 13.1. The number of carbonyl (C=O) groups excluding carboxylic acids is 2. The average Bonchev–Trinajstić information content (AvgIpc) is 3.26. The fourth-order valence-electron chi connectivity index (χ4n) is 5.48. The topological polar surface area (TPSA) is 79.3 Å². The lowest BCUT2D eigenvalue weighted by atomic mass is 9.94. The van der Waals surface area contributed by atoms with E-state index in [1.54, 1.807) is 29.2 Å². The number of aliphatic hydroxyl groups excluding tert-OH is 1. The van der Waals surface area contributed by atoms with Crippen LogP contribution in [0.3, 0.4) is 0 Å². The summed E-state index contributed by atoms with van der Waals surface area (Å²) in [6.45, 7) is 8.96. The normalized spacial score (nSPS) is 19.1. The van der Waals surface area contributed by atoms with Gasteiger partial charge in [0.1, 0.15) is 18.1 Å². The lowest BCUT2D eigenvalue weighted by Crippen LogP contribution is -2.38. The van der Waals surface area contributed by atoms with Gasteiger partial charge in [-0.25, -0.2) is 0 Å². The van der Waals surface area contributed by atoms with E-state index in [1.165, 1.54) is 5.56 Å². The van der Waals surface area contributed by atoms with E-state index in [-0.39, 0.29) is 11.3 Å². The standard InChI is InChI=1S/C34H38N2O5/c1-3-25-9-11-26(12-10-25)31-30(33(38)34(39)36(31)18-6-17-35-19-21-40-22-20-35)32(37)27-13-15-29(16-14-27)41-23-28-8-5-4-7-24(28)2/h4-5,7-16,31,37H,3,6,17-23H2,1-2H3/b32-30+. The lowest BCUT2D eigenvalue weighted by Gasteiger charge is -2.29. The molecule has 2 heterocycles. The number of aryl methyl sites for hydroxylation is 2. The first kappa shape index (κ1) is 28.6. The average molecular weight is 555 g/mol. The van der Waals surface area contributed by atoms with Crippen LogP contribution in [0.15, 0.2) is 78.4 Å². The predicted octanol–water partition coefficient (Wildman–Crippen LogP) is 5.28. The van der Waals surface area contributed by atoms with Crippen LogP contribution in [0.25, 0.3) is 5.76 Å². The molecule has 2 saturated heterocycles. The van der Waals surface area contributed by atoms with Crippen molar-refractivity contribution >= 4 is 17.4 Å². The second-order valence-electron chi connectivity index (χ2n) is 10.6. The van der Waals surface area contributed by atoms with Gasteiger partial charge in [-0.3, -0.25) is 14.5 Å². The van der Waals surface area contributed by atoms with Crippen LogP contribution < -0.4 is 4.74 Å².